The molecule has 2 rings (SSSR count). The number of unbranched alkanes of at least 4 members (excludes halogenated alkanes) is 1. The van der Waals surface area contributed by atoms with E-state index in [0.717, 1.165) is 24.9 Å². The highest BCUT2D eigenvalue weighted by atomic mass is 19.1. The molecule has 16 heavy (non-hydrogen) atoms. The molecular weight excluding hydrogens is 209 g/mol. The zero-order valence-corrected chi connectivity index (χ0v) is 8.83. The summed E-state index contributed by atoms with van der Waals surface area (Å²) in [7, 11) is 0. The molecule has 4 nitrogen and oxygen atoms in total. The number of fused-ring (bicyclic) bond motifs is 1. The quantitative estimate of drug-likeness (QED) is 0.678. The van der Waals surface area contributed by atoms with Crippen LogP contribution in [0.5, 0.6) is 0 Å². The van der Waals surface area contributed by atoms with Gasteiger partial charge < -0.3 is 15.4 Å². The Labute approximate surface area is 92.5 Å². The largest absolute Gasteiger partial charge is 0.396 e. The second kappa shape index (κ2) is 4.94. The summed E-state index contributed by atoms with van der Waals surface area (Å²) >= 11 is 0. The number of halogens is 1. The van der Waals surface area contributed by atoms with Crippen LogP contribution in [0.15, 0.2) is 18.2 Å². The third-order valence-corrected chi connectivity index (χ3v) is 2.32. The Kier molecular flexibility index (Phi) is 3.36. The van der Waals surface area contributed by atoms with Gasteiger partial charge >= 0.3 is 0 Å². The minimum Gasteiger partial charge on any atom is -0.396 e. The van der Waals surface area contributed by atoms with Gasteiger partial charge in [0.05, 0.1) is 11.0 Å². The Morgan fingerprint density at radius 1 is 1.38 bits per heavy atom. The number of anilines is 1. The summed E-state index contributed by atoms with van der Waals surface area (Å²) in [6, 6.07) is 4.44. The molecule has 5 heteroatoms. The van der Waals surface area contributed by atoms with Crippen molar-refractivity contribution in [2.45, 2.75) is 12.8 Å². The Balaban J connectivity index is 2.02. The molecule has 0 radical (unpaired) electrons. The summed E-state index contributed by atoms with van der Waals surface area (Å²) in [6.07, 6.45) is 1.64. The summed E-state index contributed by atoms with van der Waals surface area (Å²) in [6.45, 7) is 0.940. The molecule has 0 saturated heterocycles. The van der Waals surface area contributed by atoms with Crippen LogP contribution in [0.4, 0.5) is 10.3 Å². The molecule has 0 atom stereocenters. The molecule has 1 heterocycles. The normalized spacial score (nSPS) is 10.9. The van der Waals surface area contributed by atoms with Crippen molar-refractivity contribution in [3.63, 3.8) is 0 Å². The average Bonchev–Trinajstić information content (AvgIpc) is 2.66. The van der Waals surface area contributed by atoms with Crippen LogP contribution in [0.25, 0.3) is 11.0 Å². The fourth-order valence-corrected chi connectivity index (χ4v) is 1.51. The molecule has 0 aliphatic heterocycles. The van der Waals surface area contributed by atoms with Gasteiger partial charge in [0, 0.05) is 13.2 Å². The van der Waals surface area contributed by atoms with E-state index in [1.54, 1.807) is 6.07 Å². The monoisotopic (exact) mass is 223 g/mol. The predicted octanol–water partition coefficient (Wildman–Crippen LogP) is 1.89. The molecule has 3 N–H and O–H groups in total. The topological polar surface area (TPSA) is 60.9 Å². The maximum absolute atomic E-state index is 12.9. The smallest absolute Gasteiger partial charge is 0.201 e. The number of H-pyrrole nitrogens is 1. The van der Waals surface area contributed by atoms with Crippen molar-refractivity contribution in [1.29, 1.82) is 0 Å². The van der Waals surface area contributed by atoms with Crippen LogP contribution in [0, 0.1) is 5.82 Å². The number of imidazole rings is 1. The van der Waals surface area contributed by atoms with E-state index in [4.69, 9.17) is 5.11 Å². The van der Waals surface area contributed by atoms with Crippen molar-refractivity contribution in [2.24, 2.45) is 0 Å². The summed E-state index contributed by atoms with van der Waals surface area (Å²) < 4.78 is 12.9. The molecule has 0 saturated carbocycles. The average molecular weight is 223 g/mol. The van der Waals surface area contributed by atoms with Gasteiger partial charge in [0.25, 0.3) is 0 Å². The first-order valence-corrected chi connectivity index (χ1v) is 5.29. The van der Waals surface area contributed by atoms with E-state index in [2.05, 4.69) is 15.3 Å². The SMILES string of the molecule is OCCCCNc1nc2ccc(F)cc2[nH]1. The number of nitrogens with zero attached hydrogens (tertiary/aromatic N) is 1. The van der Waals surface area contributed by atoms with Crippen LogP contribution in [0.1, 0.15) is 12.8 Å². The molecule has 0 fully saturated rings. The molecule has 0 aliphatic carbocycles. The first kappa shape index (κ1) is 10.9. The maximum Gasteiger partial charge on any atom is 0.201 e. The highest BCUT2D eigenvalue weighted by Gasteiger charge is 2.02. The molecule has 0 bridgehead atoms. The van der Waals surface area contributed by atoms with Gasteiger partial charge in [-0.3, -0.25) is 0 Å². The number of benzene rings is 1. The molecule has 1 aromatic carbocycles. The zero-order chi connectivity index (χ0) is 11.4. The van der Waals surface area contributed by atoms with Gasteiger partial charge in [0.1, 0.15) is 5.82 Å². The number of nitrogens with one attached hydrogen (secondary N) is 2. The van der Waals surface area contributed by atoms with Crippen LogP contribution in [0.2, 0.25) is 0 Å². The highest BCUT2D eigenvalue weighted by molar-refractivity contribution is 5.77. The summed E-state index contributed by atoms with van der Waals surface area (Å²) in [4.78, 5) is 7.24. The Bertz CT molecular complexity index is 469. The molecule has 0 aliphatic rings. The van der Waals surface area contributed by atoms with Gasteiger partial charge in [-0.25, -0.2) is 9.37 Å². The number of aromatic nitrogens is 2. The fourth-order valence-electron chi connectivity index (χ4n) is 1.51. The Hall–Kier alpha value is -1.62. The Morgan fingerprint density at radius 3 is 3.06 bits per heavy atom. The van der Waals surface area contributed by atoms with Gasteiger partial charge in [0.2, 0.25) is 5.95 Å². The lowest BCUT2D eigenvalue weighted by molar-refractivity contribution is 0.286. The minimum atomic E-state index is -0.275. The van der Waals surface area contributed by atoms with Gasteiger partial charge in [-0.2, -0.15) is 0 Å². The van der Waals surface area contributed by atoms with Gasteiger partial charge in [-0.15, -0.1) is 0 Å². The van der Waals surface area contributed by atoms with E-state index in [0.29, 0.717) is 11.5 Å². The molecular formula is C11H14FN3O. The van der Waals surface area contributed by atoms with Crippen LogP contribution in [-0.2, 0) is 0 Å². The lowest BCUT2D eigenvalue weighted by Gasteiger charge is -2.00. The van der Waals surface area contributed by atoms with Crippen molar-refractivity contribution < 1.29 is 9.50 Å². The number of aliphatic hydroxyl groups excluding tert-OH is 1. The summed E-state index contributed by atoms with van der Waals surface area (Å²) in [5.41, 5.74) is 1.43. The predicted molar refractivity (Wildman–Crippen MR) is 60.9 cm³/mol. The molecule has 0 unspecified atom stereocenters. The molecule has 2 aromatic rings. The lowest BCUT2D eigenvalue weighted by Crippen LogP contribution is -2.03. The third kappa shape index (κ3) is 2.49. The van der Waals surface area contributed by atoms with E-state index in [1.165, 1.54) is 12.1 Å². The number of aliphatic hydroxyl groups is 1. The van der Waals surface area contributed by atoms with E-state index in [9.17, 15) is 4.39 Å². The standard InChI is InChI=1S/C11H14FN3O/c12-8-3-4-9-10(7-8)15-11(14-9)13-5-1-2-6-16/h3-4,7,16H,1-2,5-6H2,(H2,13,14,15). The molecule has 1 aromatic heterocycles. The summed E-state index contributed by atoms with van der Waals surface area (Å²) in [5.74, 6) is 0.363. The lowest BCUT2D eigenvalue weighted by atomic mass is 10.3. The second-order valence-electron chi connectivity index (χ2n) is 3.60. The van der Waals surface area contributed by atoms with Crippen molar-refractivity contribution in [1.82, 2.24) is 9.97 Å². The van der Waals surface area contributed by atoms with Crippen LogP contribution in [-0.4, -0.2) is 28.2 Å². The molecule has 0 spiro atoms. The first-order valence-electron chi connectivity index (χ1n) is 5.29. The number of rotatable bonds is 5. The van der Waals surface area contributed by atoms with Crippen molar-refractivity contribution >= 4 is 17.0 Å². The maximum atomic E-state index is 12.9. The van der Waals surface area contributed by atoms with Crippen LogP contribution < -0.4 is 5.32 Å². The van der Waals surface area contributed by atoms with Gasteiger partial charge in [-0.05, 0) is 31.0 Å². The van der Waals surface area contributed by atoms with E-state index in [1.807, 2.05) is 0 Å². The summed E-state index contributed by atoms with van der Waals surface area (Å²) in [5, 5.41) is 11.7. The minimum absolute atomic E-state index is 0.201. The number of hydrogen-bond donors (Lipinski definition) is 3. The Morgan fingerprint density at radius 2 is 2.25 bits per heavy atom. The second-order valence-corrected chi connectivity index (χ2v) is 3.60. The number of hydrogen-bond acceptors (Lipinski definition) is 3. The van der Waals surface area contributed by atoms with E-state index >= 15 is 0 Å². The molecule has 86 valence electrons. The van der Waals surface area contributed by atoms with Gasteiger partial charge in [0.15, 0.2) is 0 Å². The van der Waals surface area contributed by atoms with Crippen LogP contribution >= 0.6 is 0 Å². The van der Waals surface area contributed by atoms with E-state index < -0.39 is 0 Å². The van der Waals surface area contributed by atoms with E-state index in [-0.39, 0.29) is 12.4 Å². The molecule has 0 amide bonds. The van der Waals surface area contributed by atoms with Crippen molar-refractivity contribution in [3.8, 4) is 0 Å². The first-order chi connectivity index (χ1) is 7.79. The third-order valence-electron chi connectivity index (χ3n) is 2.32. The number of aromatic amines is 1. The van der Waals surface area contributed by atoms with Crippen molar-refractivity contribution in [2.75, 3.05) is 18.5 Å². The van der Waals surface area contributed by atoms with Crippen molar-refractivity contribution in [3.05, 3.63) is 24.0 Å². The fraction of sp³-hybridized carbons (Fsp3) is 0.364. The van der Waals surface area contributed by atoms with Gasteiger partial charge in [-0.1, -0.05) is 0 Å². The van der Waals surface area contributed by atoms with Crippen LogP contribution in [0.3, 0.4) is 0 Å². The zero-order valence-electron chi connectivity index (χ0n) is 8.83. The highest BCUT2D eigenvalue weighted by Crippen LogP contribution is 2.15.